The number of nitrogens with two attached hydrogens (primary N) is 1. The predicted molar refractivity (Wildman–Crippen MR) is 44.2 cm³/mol. The summed E-state index contributed by atoms with van der Waals surface area (Å²) in [4.78, 5) is 0. The molecule has 0 aliphatic heterocycles. The van der Waals surface area contributed by atoms with E-state index in [0.29, 0.717) is 0 Å². The summed E-state index contributed by atoms with van der Waals surface area (Å²) >= 11 is 0. The van der Waals surface area contributed by atoms with Gasteiger partial charge >= 0.3 is 0 Å². The number of anilines is 1. The first-order valence-electron chi connectivity index (χ1n) is 3.27. The standard InChI is InChI=1S/C8H12N2.H2/c1-7-3-5-8(6-4-7)10-9-2;/h3-6,10H,2,9H2,1H3;1H. The van der Waals surface area contributed by atoms with Gasteiger partial charge in [0.25, 0.3) is 0 Å². The Morgan fingerprint density at radius 3 is 2.50 bits per heavy atom. The van der Waals surface area contributed by atoms with E-state index in [9.17, 15) is 0 Å². The van der Waals surface area contributed by atoms with E-state index in [2.05, 4.69) is 31.5 Å². The van der Waals surface area contributed by atoms with Crippen molar-refractivity contribution in [2.45, 2.75) is 6.92 Å². The second-order valence-electron chi connectivity index (χ2n) is 2.21. The molecule has 1 aromatic carbocycles. The van der Waals surface area contributed by atoms with E-state index in [0.717, 1.165) is 5.69 Å². The molecular formula is C8H14N2. The molecule has 0 saturated carbocycles. The largest absolute Gasteiger partial charge is 0.375 e. The number of aryl methyl sites for hydroxylation is 1. The summed E-state index contributed by atoms with van der Waals surface area (Å²) in [5.74, 6) is 0. The zero-order chi connectivity index (χ0) is 7.40. The van der Waals surface area contributed by atoms with Gasteiger partial charge in [0.15, 0.2) is 0 Å². The monoisotopic (exact) mass is 138 g/mol. The van der Waals surface area contributed by atoms with Crippen LogP contribution < -0.4 is 10.9 Å². The molecule has 1 rings (SSSR count). The number of benzene rings is 1. The third-order valence-corrected chi connectivity index (χ3v) is 1.32. The average Bonchev–Trinajstić information content (AvgIpc) is 1.95. The van der Waals surface area contributed by atoms with E-state index in [1.54, 1.807) is 5.43 Å². The molecule has 0 spiro atoms. The molecule has 0 atom stereocenters. The molecule has 1 aromatic rings. The van der Waals surface area contributed by atoms with Gasteiger partial charge in [-0.15, -0.1) is 7.05 Å². The van der Waals surface area contributed by atoms with E-state index in [1.807, 2.05) is 12.1 Å². The van der Waals surface area contributed by atoms with Crippen LogP contribution >= 0.6 is 0 Å². The molecule has 0 aromatic heterocycles. The first-order valence-corrected chi connectivity index (χ1v) is 3.27. The Balaban J connectivity index is 0.000001000. The molecule has 3 N–H and O–H groups in total. The fraction of sp³-hybridized carbons (Fsp3) is 0.125. The SMILES string of the molecule is [CH2-][NH2+]Nc1ccc(C)cc1.[HH]. The molecule has 0 bridgehead atoms. The van der Waals surface area contributed by atoms with Crippen LogP contribution in [0, 0.1) is 14.0 Å². The van der Waals surface area contributed by atoms with Gasteiger partial charge in [0, 0.05) is 1.43 Å². The third kappa shape index (κ3) is 1.74. The van der Waals surface area contributed by atoms with Gasteiger partial charge in [0.1, 0.15) is 0 Å². The molecule has 0 saturated heterocycles. The molecule has 0 aliphatic carbocycles. The highest BCUT2D eigenvalue weighted by molar-refractivity contribution is 5.41. The van der Waals surface area contributed by atoms with Crippen LogP contribution in [0.3, 0.4) is 0 Å². The van der Waals surface area contributed by atoms with Gasteiger partial charge in [0.05, 0.1) is 5.69 Å². The molecule has 56 valence electrons. The molecule has 0 fully saturated rings. The zero-order valence-electron chi connectivity index (χ0n) is 6.09. The fourth-order valence-corrected chi connectivity index (χ4v) is 0.768. The van der Waals surface area contributed by atoms with Crippen LogP contribution in [-0.4, -0.2) is 0 Å². The first kappa shape index (κ1) is 7.09. The van der Waals surface area contributed by atoms with E-state index in [1.165, 1.54) is 5.56 Å². The molecule has 0 heterocycles. The molecule has 10 heavy (non-hydrogen) atoms. The smallest absolute Gasteiger partial charge is 0.0822 e. The minimum Gasteiger partial charge on any atom is -0.375 e. The van der Waals surface area contributed by atoms with Crippen molar-refractivity contribution >= 4 is 5.69 Å². The second-order valence-corrected chi connectivity index (χ2v) is 2.21. The van der Waals surface area contributed by atoms with Crippen LogP contribution in [0.5, 0.6) is 0 Å². The Morgan fingerprint density at radius 1 is 1.40 bits per heavy atom. The first-order chi connectivity index (χ1) is 4.83. The van der Waals surface area contributed by atoms with Crippen molar-refractivity contribution < 1.29 is 6.85 Å². The third-order valence-electron chi connectivity index (χ3n) is 1.32. The minimum atomic E-state index is 0. The van der Waals surface area contributed by atoms with Crippen molar-refractivity contribution in [3.8, 4) is 0 Å². The van der Waals surface area contributed by atoms with Crippen molar-refractivity contribution in [3.63, 3.8) is 0 Å². The van der Waals surface area contributed by atoms with E-state index < -0.39 is 0 Å². The predicted octanol–water partition coefficient (Wildman–Crippen LogP) is 0.923. The number of hydrogen-bond donors (Lipinski definition) is 2. The Bertz CT molecular complexity index is 196. The Labute approximate surface area is 62.7 Å². The number of quaternary nitrogens is 1. The average molecular weight is 138 g/mol. The second kappa shape index (κ2) is 3.22. The van der Waals surface area contributed by atoms with Crippen LogP contribution in [0.2, 0.25) is 0 Å². The summed E-state index contributed by atoms with van der Waals surface area (Å²) in [6.07, 6.45) is 0. The Kier molecular flexibility index (Phi) is 2.29. The summed E-state index contributed by atoms with van der Waals surface area (Å²) in [5, 5.41) is 0. The summed E-state index contributed by atoms with van der Waals surface area (Å²) in [7, 11) is 3.57. The molecule has 0 radical (unpaired) electrons. The highest BCUT2D eigenvalue weighted by atomic mass is 15.3. The van der Waals surface area contributed by atoms with Crippen LogP contribution in [0.4, 0.5) is 5.69 Å². The number of rotatable bonds is 2. The maximum absolute atomic E-state index is 3.57. The Hall–Kier alpha value is -1.02. The summed E-state index contributed by atoms with van der Waals surface area (Å²) in [5.41, 5.74) is 7.03. The van der Waals surface area contributed by atoms with Crippen molar-refractivity contribution in [2.24, 2.45) is 0 Å². The summed E-state index contributed by atoms with van der Waals surface area (Å²) in [6.45, 7) is 2.07. The lowest BCUT2D eigenvalue weighted by Gasteiger charge is -2.03. The molecular weight excluding hydrogens is 124 g/mol. The molecule has 0 unspecified atom stereocenters. The maximum atomic E-state index is 3.57. The number of hydrogen-bond acceptors (Lipinski definition) is 1. The quantitative estimate of drug-likeness (QED) is 0.355. The number of nitrogens with one attached hydrogen (secondary N) is 1. The normalized spacial score (nSPS) is 9.40. The van der Waals surface area contributed by atoms with Gasteiger partial charge in [-0.3, -0.25) is 5.43 Å². The van der Waals surface area contributed by atoms with Crippen LogP contribution in [0.1, 0.15) is 6.99 Å². The van der Waals surface area contributed by atoms with Crippen molar-refractivity contribution in [2.75, 3.05) is 5.43 Å². The maximum Gasteiger partial charge on any atom is 0.0822 e. The topological polar surface area (TPSA) is 28.6 Å². The Morgan fingerprint density at radius 2 is 2.00 bits per heavy atom. The van der Waals surface area contributed by atoms with Gasteiger partial charge in [-0.1, -0.05) is 17.7 Å². The van der Waals surface area contributed by atoms with Gasteiger partial charge in [-0.05, 0) is 19.1 Å². The van der Waals surface area contributed by atoms with Gasteiger partial charge in [-0.2, -0.15) is 0 Å². The lowest BCUT2D eigenvalue weighted by molar-refractivity contribution is -0.563. The van der Waals surface area contributed by atoms with Crippen molar-refractivity contribution in [1.29, 1.82) is 0 Å². The van der Waals surface area contributed by atoms with Gasteiger partial charge in [-0.25, -0.2) is 0 Å². The van der Waals surface area contributed by atoms with E-state index >= 15 is 0 Å². The van der Waals surface area contributed by atoms with Gasteiger partial charge in [0.2, 0.25) is 0 Å². The van der Waals surface area contributed by atoms with E-state index in [-0.39, 0.29) is 1.43 Å². The highest BCUT2D eigenvalue weighted by Gasteiger charge is 1.86. The molecule has 0 amide bonds. The van der Waals surface area contributed by atoms with Crippen LogP contribution in [0.15, 0.2) is 24.3 Å². The highest BCUT2D eigenvalue weighted by Crippen LogP contribution is 2.05. The van der Waals surface area contributed by atoms with Crippen LogP contribution in [-0.2, 0) is 0 Å². The summed E-state index contributed by atoms with van der Waals surface area (Å²) in [6, 6.07) is 8.17. The summed E-state index contributed by atoms with van der Waals surface area (Å²) < 4.78 is 0. The van der Waals surface area contributed by atoms with Crippen molar-refractivity contribution in [1.82, 2.24) is 0 Å². The van der Waals surface area contributed by atoms with Gasteiger partial charge < -0.3 is 5.43 Å². The fourth-order valence-electron chi connectivity index (χ4n) is 0.768. The lowest BCUT2D eigenvalue weighted by Crippen LogP contribution is -2.81. The molecule has 0 aliphatic rings. The molecule has 2 nitrogen and oxygen atoms in total. The number of nitrogen functional groups attached to an aromatic ring is 1. The minimum absolute atomic E-state index is 0. The van der Waals surface area contributed by atoms with Crippen LogP contribution in [0.25, 0.3) is 0 Å². The lowest BCUT2D eigenvalue weighted by atomic mass is 10.2. The molecule has 2 heteroatoms. The van der Waals surface area contributed by atoms with E-state index in [4.69, 9.17) is 0 Å². The van der Waals surface area contributed by atoms with Crippen molar-refractivity contribution in [3.05, 3.63) is 36.9 Å². The zero-order valence-corrected chi connectivity index (χ0v) is 6.09.